The third kappa shape index (κ3) is 3.69. The molecule has 1 amide bonds. The SMILES string of the molecule is Cc1ccc(Oc2nc3ccccc3n3c(=O)n(CC(=O)NC(C)C)nc23)cc1. The van der Waals surface area contributed by atoms with E-state index in [1.165, 1.54) is 4.40 Å². The maximum Gasteiger partial charge on any atom is 0.351 e. The first kappa shape index (κ1) is 18.7. The van der Waals surface area contributed by atoms with E-state index in [0.29, 0.717) is 16.8 Å². The van der Waals surface area contributed by atoms with Crippen LogP contribution >= 0.6 is 0 Å². The summed E-state index contributed by atoms with van der Waals surface area (Å²) in [4.78, 5) is 29.7. The molecule has 0 bridgehead atoms. The summed E-state index contributed by atoms with van der Waals surface area (Å²) in [5, 5.41) is 7.11. The van der Waals surface area contributed by atoms with Gasteiger partial charge in [0, 0.05) is 6.04 Å². The maximum absolute atomic E-state index is 13.0. The number of rotatable bonds is 5. The quantitative estimate of drug-likeness (QED) is 0.565. The minimum Gasteiger partial charge on any atom is -0.436 e. The van der Waals surface area contributed by atoms with Gasteiger partial charge in [0.15, 0.2) is 0 Å². The fourth-order valence-electron chi connectivity index (χ4n) is 3.06. The van der Waals surface area contributed by atoms with Crippen LogP contribution in [0.25, 0.3) is 16.7 Å². The average molecular weight is 391 g/mol. The van der Waals surface area contributed by atoms with Crippen LogP contribution < -0.4 is 15.7 Å². The maximum atomic E-state index is 13.0. The van der Waals surface area contributed by atoms with Crippen molar-refractivity contribution in [1.82, 2.24) is 24.5 Å². The number of amides is 1. The largest absolute Gasteiger partial charge is 0.436 e. The average Bonchev–Trinajstić information content (AvgIpc) is 3.00. The molecule has 0 saturated heterocycles. The van der Waals surface area contributed by atoms with Crippen molar-refractivity contribution in [1.29, 1.82) is 0 Å². The van der Waals surface area contributed by atoms with Gasteiger partial charge in [0.2, 0.25) is 11.6 Å². The molecule has 0 spiro atoms. The van der Waals surface area contributed by atoms with E-state index < -0.39 is 5.69 Å². The lowest BCUT2D eigenvalue weighted by Crippen LogP contribution is -2.36. The van der Waals surface area contributed by atoms with E-state index in [4.69, 9.17) is 4.74 Å². The highest BCUT2D eigenvalue weighted by Gasteiger charge is 2.19. The summed E-state index contributed by atoms with van der Waals surface area (Å²) in [6, 6.07) is 14.7. The summed E-state index contributed by atoms with van der Waals surface area (Å²) in [5.74, 6) is 0.497. The molecule has 8 nitrogen and oxygen atoms in total. The number of carbonyl (C=O) groups excluding carboxylic acids is 1. The minimum atomic E-state index is -0.425. The molecule has 1 N–H and O–H groups in total. The van der Waals surface area contributed by atoms with Crippen LogP contribution in [0.15, 0.2) is 53.3 Å². The highest BCUT2D eigenvalue weighted by molar-refractivity contribution is 5.80. The van der Waals surface area contributed by atoms with Gasteiger partial charge in [-0.1, -0.05) is 29.8 Å². The number of nitrogens with zero attached hydrogens (tertiary/aromatic N) is 4. The molecule has 8 heteroatoms. The Kier molecular flexibility index (Phi) is 4.75. The summed E-state index contributed by atoms with van der Waals surface area (Å²) in [6.45, 7) is 5.52. The van der Waals surface area contributed by atoms with E-state index in [1.54, 1.807) is 12.1 Å². The fraction of sp³-hybridized carbons (Fsp3) is 0.238. The number of carbonyl (C=O) groups is 1. The molecule has 2 aromatic carbocycles. The molecule has 4 aromatic rings. The van der Waals surface area contributed by atoms with Crippen molar-refractivity contribution in [2.75, 3.05) is 0 Å². The smallest absolute Gasteiger partial charge is 0.351 e. The molecular weight excluding hydrogens is 370 g/mol. The van der Waals surface area contributed by atoms with Crippen LogP contribution in [-0.4, -0.2) is 31.1 Å². The van der Waals surface area contributed by atoms with Crippen LogP contribution in [0.1, 0.15) is 19.4 Å². The molecule has 0 unspecified atom stereocenters. The molecule has 0 aliphatic heterocycles. The van der Waals surface area contributed by atoms with E-state index in [-0.39, 0.29) is 30.0 Å². The summed E-state index contributed by atoms with van der Waals surface area (Å²) in [7, 11) is 0. The zero-order chi connectivity index (χ0) is 20.5. The van der Waals surface area contributed by atoms with Crippen LogP contribution in [0, 0.1) is 6.92 Å². The zero-order valence-electron chi connectivity index (χ0n) is 16.4. The van der Waals surface area contributed by atoms with Crippen LogP contribution in [0.3, 0.4) is 0 Å². The van der Waals surface area contributed by atoms with Gasteiger partial charge in [0.1, 0.15) is 12.3 Å². The Morgan fingerprint density at radius 2 is 1.86 bits per heavy atom. The lowest BCUT2D eigenvalue weighted by molar-refractivity contribution is -0.122. The molecule has 2 aromatic heterocycles. The number of aryl methyl sites for hydroxylation is 1. The fourth-order valence-corrected chi connectivity index (χ4v) is 3.06. The van der Waals surface area contributed by atoms with Crippen molar-refractivity contribution in [3.8, 4) is 11.6 Å². The second-order valence-corrected chi connectivity index (χ2v) is 7.14. The van der Waals surface area contributed by atoms with Crippen molar-refractivity contribution >= 4 is 22.6 Å². The van der Waals surface area contributed by atoms with Gasteiger partial charge in [0.05, 0.1) is 11.0 Å². The number of benzene rings is 2. The molecule has 148 valence electrons. The van der Waals surface area contributed by atoms with Crippen LogP contribution in [0.2, 0.25) is 0 Å². The number of fused-ring (bicyclic) bond motifs is 3. The summed E-state index contributed by atoms with van der Waals surface area (Å²) >= 11 is 0. The van der Waals surface area contributed by atoms with Crippen molar-refractivity contribution in [3.05, 3.63) is 64.6 Å². The summed E-state index contributed by atoms with van der Waals surface area (Å²) in [6.07, 6.45) is 0. The second-order valence-electron chi connectivity index (χ2n) is 7.14. The van der Waals surface area contributed by atoms with E-state index in [0.717, 1.165) is 10.2 Å². The molecule has 0 saturated carbocycles. The number of ether oxygens (including phenoxy) is 1. The molecule has 0 radical (unpaired) electrons. The Hall–Kier alpha value is -3.68. The molecular formula is C21H21N5O3. The highest BCUT2D eigenvalue weighted by Crippen LogP contribution is 2.26. The third-order valence-electron chi connectivity index (χ3n) is 4.35. The van der Waals surface area contributed by atoms with Crippen molar-refractivity contribution < 1.29 is 9.53 Å². The van der Waals surface area contributed by atoms with Gasteiger partial charge >= 0.3 is 5.69 Å². The van der Waals surface area contributed by atoms with Gasteiger partial charge < -0.3 is 10.1 Å². The minimum absolute atomic E-state index is 0.0295. The number of hydrogen-bond acceptors (Lipinski definition) is 5. The first-order valence-corrected chi connectivity index (χ1v) is 9.34. The van der Waals surface area contributed by atoms with E-state index >= 15 is 0 Å². The molecule has 0 atom stereocenters. The van der Waals surface area contributed by atoms with Gasteiger partial charge in [-0.2, -0.15) is 0 Å². The second kappa shape index (κ2) is 7.38. The molecule has 0 aliphatic carbocycles. The van der Waals surface area contributed by atoms with Crippen molar-refractivity contribution in [3.63, 3.8) is 0 Å². The summed E-state index contributed by atoms with van der Waals surface area (Å²) in [5.41, 5.74) is 2.12. The van der Waals surface area contributed by atoms with Gasteiger partial charge in [-0.15, -0.1) is 5.10 Å². The van der Waals surface area contributed by atoms with Crippen molar-refractivity contribution in [2.24, 2.45) is 0 Å². The summed E-state index contributed by atoms with van der Waals surface area (Å²) < 4.78 is 8.50. The molecule has 29 heavy (non-hydrogen) atoms. The Morgan fingerprint density at radius 1 is 1.14 bits per heavy atom. The van der Waals surface area contributed by atoms with Crippen LogP contribution in [0.4, 0.5) is 0 Å². The van der Waals surface area contributed by atoms with Crippen LogP contribution in [0.5, 0.6) is 11.6 Å². The number of nitrogens with one attached hydrogen (secondary N) is 1. The lowest BCUT2D eigenvalue weighted by atomic mass is 10.2. The van der Waals surface area contributed by atoms with E-state index in [1.807, 2.05) is 57.2 Å². The predicted octanol–water partition coefficient (Wildman–Crippen LogP) is 2.67. The number of aromatic nitrogens is 4. The van der Waals surface area contributed by atoms with Crippen molar-refractivity contribution in [2.45, 2.75) is 33.4 Å². The normalized spacial score (nSPS) is 11.3. The van der Waals surface area contributed by atoms with Gasteiger partial charge in [0.25, 0.3) is 5.88 Å². The number of para-hydroxylation sites is 2. The molecule has 4 rings (SSSR count). The monoisotopic (exact) mass is 391 g/mol. The third-order valence-corrected chi connectivity index (χ3v) is 4.35. The molecule has 2 heterocycles. The Morgan fingerprint density at radius 3 is 2.59 bits per heavy atom. The molecule has 0 aliphatic rings. The highest BCUT2D eigenvalue weighted by atomic mass is 16.5. The van der Waals surface area contributed by atoms with Gasteiger partial charge in [-0.25, -0.2) is 18.9 Å². The zero-order valence-corrected chi connectivity index (χ0v) is 16.4. The first-order chi connectivity index (χ1) is 13.9. The van der Waals surface area contributed by atoms with E-state index in [2.05, 4.69) is 15.4 Å². The van der Waals surface area contributed by atoms with E-state index in [9.17, 15) is 9.59 Å². The first-order valence-electron chi connectivity index (χ1n) is 9.34. The Balaban J connectivity index is 1.86. The standard InChI is InChI=1S/C21H21N5O3/c1-13(2)22-18(27)12-25-21(28)26-17-7-5-4-6-16(17)23-20(19(26)24-25)29-15-10-8-14(3)9-11-15/h4-11,13H,12H2,1-3H3,(H,22,27). The molecule has 0 fully saturated rings. The topological polar surface area (TPSA) is 90.5 Å². The van der Waals surface area contributed by atoms with Crippen LogP contribution in [-0.2, 0) is 11.3 Å². The van der Waals surface area contributed by atoms with Gasteiger partial charge in [-0.05, 0) is 45.0 Å². The number of hydrogen-bond donors (Lipinski definition) is 1. The lowest BCUT2D eigenvalue weighted by Gasteiger charge is -2.07. The van der Waals surface area contributed by atoms with Gasteiger partial charge in [-0.3, -0.25) is 4.79 Å². The Bertz CT molecular complexity index is 1260. The Labute approximate surface area is 166 Å². The predicted molar refractivity (Wildman–Crippen MR) is 109 cm³/mol.